The van der Waals surface area contributed by atoms with E-state index in [1.807, 2.05) is 0 Å². The summed E-state index contributed by atoms with van der Waals surface area (Å²) < 4.78 is 5.71. The van der Waals surface area contributed by atoms with Crippen molar-refractivity contribution in [2.45, 2.75) is 33.3 Å². The molecule has 1 aromatic carbocycles. The lowest BCUT2D eigenvalue weighted by Gasteiger charge is -2.20. The summed E-state index contributed by atoms with van der Waals surface area (Å²) in [6.07, 6.45) is 0. The van der Waals surface area contributed by atoms with Gasteiger partial charge < -0.3 is 9.84 Å². The van der Waals surface area contributed by atoms with E-state index in [2.05, 4.69) is 15.9 Å². The lowest BCUT2D eigenvalue weighted by Crippen LogP contribution is -2.24. The summed E-state index contributed by atoms with van der Waals surface area (Å²) in [6, 6.07) is 3.45. The van der Waals surface area contributed by atoms with E-state index in [1.165, 1.54) is 0 Å². The molecule has 0 atom stereocenters. The molecule has 0 heterocycles. The molecule has 16 heavy (non-hydrogen) atoms. The molecular formula is C12H15BrO3. The summed E-state index contributed by atoms with van der Waals surface area (Å²) in [5.74, 6) is -0.585. The minimum Gasteiger partial charge on any atom is -0.506 e. The highest BCUT2D eigenvalue weighted by Gasteiger charge is 2.23. The van der Waals surface area contributed by atoms with Crippen LogP contribution in [0.4, 0.5) is 0 Å². The number of carbonyl (C=O) groups is 1. The number of esters is 1. The van der Waals surface area contributed by atoms with Gasteiger partial charge in [0.2, 0.25) is 0 Å². The fraction of sp³-hybridized carbons (Fsp3) is 0.417. The second-order valence-electron chi connectivity index (χ2n) is 4.59. The number of aryl methyl sites for hydroxylation is 1. The van der Waals surface area contributed by atoms with E-state index < -0.39 is 11.6 Å². The van der Waals surface area contributed by atoms with Crippen LogP contribution in [0, 0.1) is 6.92 Å². The smallest absolute Gasteiger partial charge is 0.342 e. The minimum absolute atomic E-state index is 0.0748. The Morgan fingerprint density at radius 1 is 1.38 bits per heavy atom. The zero-order valence-corrected chi connectivity index (χ0v) is 11.4. The molecule has 0 unspecified atom stereocenters. The quantitative estimate of drug-likeness (QED) is 0.805. The van der Waals surface area contributed by atoms with E-state index in [0.29, 0.717) is 10.0 Å². The van der Waals surface area contributed by atoms with Gasteiger partial charge in [-0.05, 0) is 55.3 Å². The Kier molecular flexibility index (Phi) is 3.63. The van der Waals surface area contributed by atoms with E-state index in [-0.39, 0.29) is 11.3 Å². The largest absolute Gasteiger partial charge is 0.506 e. The zero-order valence-electron chi connectivity index (χ0n) is 9.80. The molecule has 0 saturated carbocycles. The maximum atomic E-state index is 11.9. The van der Waals surface area contributed by atoms with Crippen molar-refractivity contribution in [3.05, 3.63) is 27.7 Å². The van der Waals surface area contributed by atoms with Gasteiger partial charge in [0.15, 0.2) is 0 Å². The topological polar surface area (TPSA) is 46.5 Å². The Morgan fingerprint density at radius 3 is 2.44 bits per heavy atom. The van der Waals surface area contributed by atoms with Crippen molar-refractivity contribution < 1.29 is 14.6 Å². The summed E-state index contributed by atoms with van der Waals surface area (Å²) in [7, 11) is 0. The van der Waals surface area contributed by atoms with Crippen molar-refractivity contribution in [1.29, 1.82) is 0 Å². The van der Waals surface area contributed by atoms with Crippen LogP contribution >= 0.6 is 15.9 Å². The van der Waals surface area contributed by atoms with Gasteiger partial charge in [0.25, 0.3) is 0 Å². The minimum atomic E-state index is -0.571. The van der Waals surface area contributed by atoms with Crippen LogP contribution in [-0.2, 0) is 4.74 Å². The molecular weight excluding hydrogens is 272 g/mol. The Bertz CT molecular complexity index is 419. The Morgan fingerprint density at radius 2 is 1.94 bits per heavy atom. The van der Waals surface area contributed by atoms with Gasteiger partial charge in [-0.15, -0.1) is 0 Å². The second kappa shape index (κ2) is 4.45. The van der Waals surface area contributed by atoms with Crippen LogP contribution in [0.3, 0.4) is 0 Å². The highest BCUT2D eigenvalue weighted by molar-refractivity contribution is 9.10. The van der Waals surface area contributed by atoms with Crippen LogP contribution < -0.4 is 0 Å². The van der Waals surface area contributed by atoms with E-state index in [4.69, 9.17) is 4.74 Å². The number of hydrogen-bond donors (Lipinski definition) is 1. The number of hydrogen-bond acceptors (Lipinski definition) is 3. The molecule has 1 N–H and O–H groups in total. The number of rotatable bonds is 1. The molecule has 88 valence electrons. The molecule has 1 aromatic rings. The van der Waals surface area contributed by atoms with Crippen LogP contribution in [0.2, 0.25) is 0 Å². The molecule has 0 aliphatic rings. The highest BCUT2D eigenvalue weighted by Crippen LogP contribution is 2.31. The first-order valence-corrected chi connectivity index (χ1v) is 5.73. The number of phenols is 1. The molecule has 1 rings (SSSR count). The van der Waals surface area contributed by atoms with Crippen LogP contribution in [0.5, 0.6) is 5.75 Å². The number of ether oxygens (including phenoxy) is 1. The Balaban J connectivity index is 3.14. The second-order valence-corrected chi connectivity index (χ2v) is 5.44. The van der Waals surface area contributed by atoms with Crippen molar-refractivity contribution in [3.63, 3.8) is 0 Å². The lowest BCUT2D eigenvalue weighted by atomic mass is 10.1. The fourth-order valence-electron chi connectivity index (χ4n) is 1.25. The molecule has 0 amide bonds. The third-order valence-electron chi connectivity index (χ3n) is 1.94. The van der Waals surface area contributed by atoms with Gasteiger partial charge in [-0.3, -0.25) is 0 Å². The normalized spacial score (nSPS) is 11.3. The summed E-state index contributed by atoms with van der Waals surface area (Å²) >= 11 is 3.17. The molecule has 0 aliphatic carbocycles. The van der Waals surface area contributed by atoms with Gasteiger partial charge in [-0.1, -0.05) is 6.07 Å². The van der Waals surface area contributed by atoms with E-state index >= 15 is 0 Å². The standard InChI is InChI=1S/C12H15BrO3/c1-7-5-6-8(13)10(14)9(7)11(15)16-12(2,3)4/h5-6,14H,1-4H3. The maximum absolute atomic E-state index is 11.9. The Labute approximate surface area is 104 Å². The number of phenolic OH excluding ortho intramolecular Hbond substituents is 1. The average Bonchev–Trinajstić information content (AvgIpc) is 2.09. The molecule has 0 aliphatic heterocycles. The predicted molar refractivity (Wildman–Crippen MR) is 65.7 cm³/mol. The molecule has 0 aromatic heterocycles. The number of carbonyl (C=O) groups excluding carboxylic acids is 1. The first-order chi connectivity index (χ1) is 7.22. The van der Waals surface area contributed by atoms with E-state index in [0.717, 1.165) is 0 Å². The van der Waals surface area contributed by atoms with Crippen molar-refractivity contribution in [3.8, 4) is 5.75 Å². The van der Waals surface area contributed by atoms with Crippen molar-refractivity contribution >= 4 is 21.9 Å². The maximum Gasteiger partial charge on any atom is 0.342 e. The molecule has 0 radical (unpaired) electrons. The van der Waals surface area contributed by atoms with E-state index in [9.17, 15) is 9.90 Å². The molecule has 4 heteroatoms. The highest BCUT2D eigenvalue weighted by atomic mass is 79.9. The molecule has 0 spiro atoms. The summed E-state index contributed by atoms with van der Waals surface area (Å²) in [6.45, 7) is 7.12. The lowest BCUT2D eigenvalue weighted by molar-refractivity contribution is 0.00659. The van der Waals surface area contributed by atoms with Gasteiger partial charge in [0.1, 0.15) is 16.9 Å². The van der Waals surface area contributed by atoms with Crippen LogP contribution in [0.25, 0.3) is 0 Å². The Hall–Kier alpha value is -1.03. The van der Waals surface area contributed by atoms with Crippen molar-refractivity contribution in [2.75, 3.05) is 0 Å². The van der Waals surface area contributed by atoms with Gasteiger partial charge in [0, 0.05) is 0 Å². The van der Waals surface area contributed by atoms with Crippen molar-refractivity contribution in [2.24, 2.45) is 0 Å². The summed E-state index contributed by atoms with van der Waals surface area (Å²) in [5, 5.41) is 9.80. The van der Waals surface area contributed by atoms with Crippen LogP contribution in [-0.4, -0.2) is 16.7 Å². The molecule has 0 bridgehead atoms. The van der Waals surface area contributed by atoms with Gasteiger partial charge in [0.05, 0.1) is 4.47 Å². The van der Waals surface area contributed by atoms with Gasteiger partial charge >= 0.3 is 5.97 Å². The third kappa shape index (κ3) is 2.98. The average molecular weight is 287 g/mol. The van der Waals surface area contributed by atoms with Crippen LogP contribution in [0.15, 0.2) is 16.6 Å². The molecule has 0 fully saturated rings. The number of benzene rings is 1. The first kappa shape index (κ1) is 13.0. The molecule has 0 saturated heterocycles. The predicted octanol–water partition coefficient (Wildman–Crippen LogP) is 3.42. The van der Waals surface area contributed by atoms with Crippen LogP contribution in [0.1, 0.15) is 36.7 Å². The zero-order chi connectivity index (χ0) is 12.5. The SMILES string of the molecule is Cc1ccc(Br)c(O)c1C(=O)OC(C)(C)C. The molecule has 3 nitrogen and oxygen atoms in total. The van der Waals surface area contributed by atoms with Gasteiger partial charge in [-0.2, -0.15) is 0 Å². The number of aromatic hydroxyl groups is 1. The fourth-order valence-corrected chi connectivity index (χ4v) is 1.58. The number of halogens is 1. The van der Waals surface area contributed by atoms with E-state index in [1.54, 1.807) is 39.8 Å². The van der Waals surface area contributed by atoms with Gasteiger partial charge in [-0.25, -0.2) is 4.79 Å². The third-order valence-corrected chi connectivity index (χ3v) is 2.58. The summed E-state index contributed by atoms with van der Waals surface area (Å²) in [5.41, 5.74) is 0.331. The monoisotopic (exact) mass is 286 g/mol. The summed E-state index contributed by atoms with van der Waals surface area (Å²) in [4.78, 5) is 11.9. The van der Waals surface area contributed by atoms with Crippen molar-refractivity contribution in [1.82, 2.24) is 0 Å². The first-order valence-electron chi connectivity index (χ1n) is 4.94.